The number of carbonyl (C=O) groups is 1. The third-order valence-corrected chi connectivity index (χ3v) is 10.5. The number of aliphatic hydroxyl groups is 1. The molecule has 1 aliphatic rings. The number of hydrogen-bond acceptors (Lipinski definition) is 9. The molecule has 0 spiro atoms. The standard InChI is InChI=1S/C44H38N4O5S/c1-28-38(27-54-44-48-39(31-10-4-2-5-11-31)41(53-44)32-12-6-3-7-13-32)51-43(52-40(28)33-20-18-30(26-49)19-21-33)34-22-16-29(17-23-34)24-46-42(50)37-25-45-35-14-8-9-15-36(35)47-37/h2-23,25,28,38,40,43,49H,24,26-27H2,1H3,(H,46,50). The van der Waals surface area contributed by atoms with E-state index in [9.17, 15) is 9.90 Å². The van der Waals surface area contributed by atoms with E-state index >= 15 is 0 Å². The number of ether oxygens (including phenoxy) is 2. The fourth-order valence-electron chi connectivity index (χ4n) is 6.53. The van der Waals surface area contributed by atoms with Crippen molar-refractivity contribution >= 4 is 28.7 Å². The van der Waals surface area contributed by atoms with Crippen molar-refractivity contribution in [1.29, 1.82) is 0 Å². The number of oxazole rings is 1. The van der Waals surface area contributed by atoms with Gasteiger partial charge in [-0.1, -0.05) is 140 Å². The molecule has 1 aliphatic heterocycles. The molecule has 8 rings (SSSR count). The minimum Gasteiger partial charge on any atom is -0.431 e. The van der Waals surface area contributed by atoms with Gasteiger partial charge in [-0.15, -0.1) is 0 Å². The van der Waals surface area contributed by atoms with Crippen LogP contribution in [0.2, 0.25) is 0 Å². The number of amides is 1. The van der Waals surface area contributed by atoms with Crippen molar-refractivity contribution in [2.24, 2.45) is 5.92 Å². The molecule has 9 nitrogen and oxygen atoms in total. The molecule has 5 aromatic carbocycles. The van der Waals surface area contributed by atoms with Gasteiger partial charge in [0.1, 0.15) is 11.4 Å². The highest BCUT2D eigenvalue weighted by molar-refractivity contribution is 7.99. The molecule has 4 atom stereocenters. The van der Waals surface area contributed by atoms with Gasteiger partial charge in [0.05, 0.1) is 36.0 Å². The van der Waals surface area contributed by atoms with Gasteiger partial charge in [0, 0.05) is 34.9 Å². The van der Waals surface area contributed by atoms with Crippen molar-refractivity contribution in [2.45, 2.75) is 43.8 Å². The number of nitrogens with zero attached hydrogens (tertiary/aromatic N) is 3. The van der Waals surface area contributed by atoms with Crippen LogP contribution in [-0.4, -0.2) is 37.8 Å². The van der Waals surface area contributed by atoms with Gasteiger partial charge < -0.3 is 24.3 Å². The molecule has 0 aliphatic carbocycles. The molecule has 3 heterocycles. The summed E-state index contributed by atoms with van der Waals surface area (Å²) in [5.41, 5.74) is 8.04. The van der Waals surface area contributed by atoms with Crippen LogP contribution in [-0.2, 0) is 22.6 Å². The third-order valence-electron chi connectivity index (χ3n) is 9.57. The number of nitrogens with one attached hydrogen (secondary N) is 1. The minimum atomic E-state index is -0.643. The molecule has 1 fully saturated rings. The first-order valence-electron chi connectivity index (χ1n) is 17.9. The number of hydrogen-bond donors (Lipinski definition) is 2. The minimum absolute atomic E-state index is 0.0152. The predicted octanol–water partition coefficient (Wildman–Crippen LogP) is 8.96. The summed E-state index contributed by atoms with van der Waals surface area (Å²) < 4.78 is 19.8. The second-order valence-corrected chi connectivity index (χ2v) is 14.2. The van der Waals surface area contributed by atoms with Gasteiger partial charge in [-0.05, 0) is 28.8 Å². The Labute approximate surface area is 317 Å². The summed E-state index contributed by atoms with van der Waals surface area (Å²) in [5, 5.41) is 13.2. The summed E-state index contributed by atoms with van der Waals surface area (Å²) in [4.78, 5) is 26.7. The molecule has 0 radical (unpaired) electrons. The van der Waals surface area contributed by atoms with E-state index in [2.05, 4.69) is 22.2 Å². The van der Waals surface area contributed by atoms with Gasteiger partial charge in [0.2, 0.25) is 0 Å². The molecule has 1 amide bonds. The van der Waals surface area contributed by atoms with Crippen molar-refractivity contribution in [2.75, 3.05) is 5.75 Å². The van der Waals surface area contributed by atoms with Crippen LogP contribution in [0.1, 0.15) is 52.1 Å². The molecule has 270 valence electrons. The van der Waals surface area contributed by atoms with Crippen LogP contribution in [0.5, 0.6) is 0 Å². The summed E-state index contributed by atoms with van der Waals surface area (Å²) in [7, 11) is 0. The first-order chi connectivity index (χ1) is 26.5. The fourth-order valence-corrected chi connectivity index (χ4v) is 7.52. The maximum Gasteiger partial charge on any atom is 0.271 e. The maximum atomic E-state index is 12.9. The quantitative estimate of drug-likeness (QED) is 0.126. The zero-order valence-corrected chi connectivity index (χ0v) is 30.4. The number of aromatic nitrogens is 3. The molecule has 4 unspecified atom stereocenters. The molecule has 0 saturated carbocycles. The molecular formula is C44H38N4O5S. The lowest BCUT2D eigenvalue weighted by molar-refractivity contribution is -0.268. The van der Waals surface area contributed by atoms with Crippen molar-refractivity contribution in [3.63, 3.8) is 0 Å². The highest BCUT2D eigenvalue weighted by atomic mass is 32.2. The number of benzene rings is 5. The van der Waals surface area contributed by atoms with Gasteiger partial charge in [-0.2, -0.15) is 0 Å². The monoisotopic (exact) mass is 734 g/mol. The van der Waals surface area contributed by atoms with Crippen molar-refractivity contribution in [1.82, 2.24) is 20.3 Å². The molecule has 10 heteroatoms. The van der Waals surface area contributed by atoms with Gasteiger partial charge in [0.15, 0.2) is 12.1 Å². The molecular weight excluding hydrogens is 697 g/mol. The Morgan fingerprint density at radius 2 is 1.39 bits per heavy atom. The lowest BCUT2D eigenvalue weighted by Gasteiger charge is -2.41. The number of carbonyl (C=O) groups excluding carboxylic acids is 1. The Kier molecular flexibility index (Phi) is 10.6. The van der Waals surface area contributed by atoms with Crippen LogP contribution in [0.15, 0.2) is 149 Å². The second-order valence-electron chi connectivity index (χ2n) is 13.2. The Balaban J connectivity index is 1.000. The smallest absolute Gasteiger partial charge is 0.271 e. The van der Waals surface area contributed by atoms with E-state index < -0.39 is 6.29 Å². The number of aliphatic hydroxyl groups excluding tert-OH is 1. The van der Waals surface area contributed by atoms with Gasteiger partial charge in [0.25, 0.3) is 11.1 Å². The Morgan fingerprint density at radius 1 is 0.741 bits per heavy atom. The first kappa shape index (κ1) is 35.4. The molecule has 7 aromatic rings. The summed E-state index contributed by atoms with van der Waals surface area (Å²) in [6.45, 7) is 2.43. The van der Waals surface area contributed by atoms with Crippen LogP contribution >= 0.6 is 11.8 Å². The molecule has 54 heavy (non-hydrogen) atoms. The van der Waals surface area contributed by atoms with E-state index in [4.69, 9.17) is 18.9 Å². The van der Waals surface area contributed by atoms with E-state index in [1.807, 2.05) is 133 Å². The zero-order chi connectivity index (χ0) is 36.9. The summed E-state index contributed by atoms with van der Waals surface area (Å²) >= 11 is 1.52. The highest BCUT2D eigenvalue weighted by Crippen LogP contribution is 2.44. The lowest BCUT2D eigenvalue weighted by Crippen LogP contribution is -2.38. The normalized spacial score (nSPS) is 18.4. The van der Waals surface area contributed by atoms with E-state index in [1.165, 1.54) is 18.0 Å². The van der Waals surface area contributed by atoms with Crippen LogP contribution in [0.3, 0.4) is 0 Å². The van der Waals surface area contributed by atoms with Crippen LogP contribution in [0, 0.1) is 5.92 Å². The van der Waals surface area contributed by atoms with E-state index in [-0.39, 0.29) is 36.3 Å². The molecule has 1 saturated heterocycles. The van der Waals surface area contributed by atoms with Crippen LogP contribution < -0.4 is 5.32 Å². The Morgan fingerprint density at radius 3 is 2.11 bits per heavy atom. The van der Waals surface area contributed by atoms with Gasteiger partial charge in [-0.25, -0.2) is 9.97 Å². The lowest BCUT2D eigenvalue weighted by atomic mass is 9.91. The third kappa shape index (κ3) is 7.83. The van der Waals surface area contributed by atoms with Crippen molar-refractivity contribution in [3.8, 4) is 22.6 Å². The number of para-hydroxylation sites is 2. The average molecular weight is 735 g/mol. The van der Waals surface area contributed by atoms with Crippen molar-refractivity contribution in [3.05, 3.63) is 168 Å². The van der Waals surface area contributed by atoms with E-state index in [0.29, 0.717) is 23.0 Å². The molecule has 0 bridgehead atoms. The van der Waals surface area contributed by atoms with Gasteiger partial charge >= 0.3 is 0 Å². The first-order valence-corrected chi connectivity index (χ1v) is 18.8. The van der Waals surface area contributed by atoms with Crippen LogP contribution in [0.4, 0.5) is 0 Å². The largest absolute Gasteiger partial charge is 0.431 e. The summed E-state index contributed by atoms with van der Waals surface area (Å²) in [5.74, 6) is 1.00. The topological polar surface area (TPSA) is 120 Å². The number of fused-ring (bicyclic) bond motifs is 1. The molecule has 2 aromatic heterocycles. The fraction of sp³-hybridized carbons (Fsp3) is 0.182. The Bertz CT molecular complexity index is 2280. The predicted molar refractivity (Wildman–Crippen MR) is 208 cm³/mol. The van der Waals surface area contributed by atoms with Crippen LogP contribution in [0.25, 0.3) is 33.6 Å². The number of rotatable bonds is 11. The van der Waals surface area contributed by atoms with Gasteiger partial charge in [-0.3, -0.25) is 9.78 Å². The Hall–Kier alpha value is -5.65. The molecule has 2 N–H and O–H groups in total. The highest BCUT2D eigenvalue weighted by Gasteiger charge is 2.38. The second kappa shape index (κ2) is 16.2. The van der Waals surface area contributed by atoms with Crippen molar-refractivity contribution < 1.29 is 23.8 Å². The average Bonchev–Trinajstić information content (AvgIpc) is 3.67. The SMILES string of the molecule is CC1C(CSc2nc(-c3ccccc3)c(-c3ccccc3)o2)OC(c2ccc(CNC(=O)c3cnc4ccccc4n3)cc2)OC1c1ccc(CO)cc1. The van der Waals surface area contributed by atoms with E-state index in [1.54, 1.807) is 0 Å². The zero-order valence-electron chi connectivity index (χ0n) is 29.5. The number of thioether (sulfide) groups is 1. The maximum absolute atomic E-state index is 12.9. The van der Waals surface area contributed by atoms with E-state index in [0.717, 1.165) is 50.4 Å². The summed E-state index contributed by atoms with van der Waals surface area (Å²) in [6.07, 6.45) is 0.364. The summed E-state index contributed by atoms with van der Waals surface area (Å²) in [6, 6.07) is 43.3.